The zero-order valence-electron chi connectivity index (χ0n) is 12.1. The van der Waals surface area contributed by atoms with Crippen molar-refractivity contribution >= 4 is 11.9 Å². The Labute approximate surface area is 119 Å². The van der Waals surface area contributed by atoms with Gasteiger partial charge in [0, 0.05) is 13.6 Å². The lowest BCUT2D eigenvalue weighted by Gasteiger charge is -2.45. The van der Waals surface area contributed by atoms with E-state index in [0.29, 0.717) is 19.8 Å². The SMILES string of the molecule is CN(C(=O)C1COCCN1)C1(CC(=O)O)CCCCC1. The zero-order chi connectivity index (χ0) is 14.6. The first kappa shape index (κ1) is 15.3. The maximum Gasteiger partial charge on any atom is 0.305 e. The maximum absolute atomic E-state index is 12.6. The second-order valence-corrected chi connectivity index (χ2v) is 5.83. The normalized spacial score (nSPS) is 25.9. The zero-order valence-corrected chi connectivity index (χ0v) is 12.1. The summed E-state index contributed by atoms with van der Waals surface area (Å²) in [6.07, 6.45) is 4.67. The van der Waals surface area contributed by atoms with Gasteiger partial charge in [0.1, 0.15) is 6.04 Å². The van der Waals surface area contributed by atoms with Crippen LogP contribution in [-0.4, -0.2) is 60.3 Å². The predicted octanol–water partition coefficient (Wildman–Crippen LogP) is 0.611. The summed E-state index contributed by atoms with van der Waals surface area (Å²) >= 11 is 0. The molecule has 6 nitrogen and oxygen atoms in total. The first-order chi connectivity index (χ1) is 9.55. The minimum Gasteiger partial charge on any atom is -0.481 e. The van der Waals surface area contributed by atoms with Crippen molar-refractivity contribution in [1.82, 2.24) is 10.2 Å². The van der Waals surface area contributed by atoms with Crippen LogP contribution in [0.15, 0.2) is 0 Å². The van der Waals surface area contributed by atoms with Crippen LogP contribution in [0.25, 0.3) is 0 Å². The third-order valence-corrected chi connectivity index (χ3v) is 4.53. The lowest BCUT2D eigenvalue weighted by atomic mass is 9.78. The van der Waals surface area contributed by atoms with E-state index in [1.165, 1.54) is 0 Å². The number of morpholine rings is 1. The van der Waals surface area contributed by atoms with E-state index in [-0.39, 0.29) is 18.4 Å². The highest BCUT2D eigenvalue weighted by molar-refractivity contribution is 5.83. The van der Waals surface area contributed by atoms with Gasteiger partial charge in [-0.2, -0.15) is 0 Å². The summed E-state index contributed by atoms with van der Waals surface area (Å²) in [4.78, 5) is 25.4. The number of carbonyl (C=O) groups is 2. The summed E-state index contributed by atoms with van der Waals surface area (Å²) in [7, 11) is 1.74. The highest BCUT2D eigenvalue weighted by Crippen LogP contribution is 2.36. The van der Waals surface area contributed by atoms with Gasteiger partial charge in [0.05, 0.1) is 25.2 Å². The van der Waals surface area contributed by atoms with Crippen molar-refractivity contribution < 1.29 is 19.4 Å². The summed E-state index contributed by atoms with van der Waals surface area (Å²) in [6, 6.07) is -0.346. The molecule has 1 aliphatic heterocycles. The quantitative estimate of drug-likeness (QED) is 0.791. The number of amides is 1. The number of aliphatic carboxylic acids is 1. The fourth-order valence-electron chi connectivity index (χ4n) is 3.31. The molecule has 1 heterocycles. The number of hydrogen-bond acceptors (Lipinski definition) is 4. The first-order valence-corrected chi connectivity index (χ1v) is 7.36. The van der Waals surface area contributed by atoms with Crippen molar-refractivity contribution in [2.24, 2.45) is 0 Å². The minimum atomic E-state index is -0.834. The summed E-state index contributed by atoms with van der Waals surface area (Å²) in [5.74, 6) is -0.882. The lowest BCUT2D eigenvalue weighted by Crippen LogP contribution is -2.59. The third-order valence-electron chi connectivity index (χ3n) is 4.53. The molecule has 6 heteroatoms. The summed E-state index contributed by atoms with van der Waals surface area (Å²) in [6.45, 7) is 1.65. The molecule has 2 aliphatic rings. The molecule has 0 bridgehead atoms. The number of nitrogens with zero attached hydrogens (tertiary/aromatic N) is 1. The molecule has 2 fully saturated rings. The molecule has 0 aromatic rings. The summed E-state index contributed by atoms with van der Waals surface area (Å²) in [5.41, 5.74) is -0.527. The van der Waals surface area contributed by atoms with Gasteiger partial charge in [-0.25, -0.2) is 0 Å². The number of carboxylic acids is 1. The van der Waals surface area contributed by atoms with E-state index >= 15 is 0 Å². The Balaban J connectivity index is 2.10. The molecular formula is C14H24N2O4. The van der Waals surface area contributed by atoms with Crippen LogP contribution >= 0.6 is 0 Å². The van der Waals surface area contributed by atoms with Gasteiger partial charge < -0.3 is 20.1 Å². The van der Waals surface area contributed by atoms with Crippen molar-refractivity contribution in [1.29, 1.82) is 0 Å². The molecule has 1 saturated heterocycles. The van der Waals surface area contributed by atoms with Crippen LogP contribution in [0.5, 0.6) is 0 Å². The summed E-state index contributed by atoms with van der Waals surface area (Å²) < 4.78 is 5.33. The second kappa shape index (κ2) is 6.54. The molecule has 1 aliphatic carbocycles. The molecule has 114 valence electrons. The number of rotatable bonds is 4. The Morgan fingerprint density at radius 3 is 2.60 bits per heavy atom. The molecule has 0 aromatic carbocycles. The molecule has 0 radical (unpaired) electrons. The van der Waals surface area contributed by atoms with Crippen LogP contribution in [0.4, 0.5) is 0 Å². The Hall–Kier alpha value is -1.14. The van der Waals surface area contributed by atoms with Crippen molar-refractivity contribution in [2.75, 3.05) is 26.8 Å². The van der Waals surface area contributed by atoms with Crippen LogP contribution in [-0.2, 0) is 14.3 Å². The van der Waals surface area contributed by atoms with Gasteiger partial charge >= 0.3 is 5.97 Å². The van der Waals surface area contributed by atoms with E-state index < -0.39 is 11.5 Å². The first-order valence-electron chi connectivity index (χ1n) is 7.36. The third kappa shape index (κ3) is 3.30. The van der Waals surface area contributed by atoms with Crippen molar-refractivity contribution in [2.45, 2.75) is 50.1 Å². The van der Waals surface area contributed by atoms with E-state index in [4.69, 9.17) is 4.74 Å². The predicted molar refractivity (Wildman–Crippen MR) is 73.4 cm³/mol. The van der Waals surface area contributed by atoms with E-state index in [9.17, 15) is 14.7 Å². The molecule has 0 aromatic heterocycles. The Kier molecular flexibility index (Phi) is 4.99. The number of likely N-dealkylation sites (N-methyl/N-ethyl adjacent to an activating group) is 1. The standard InChI is InChI=1S/C14H24N2O4/c1-16(13(19)11-10-20-8-7-15-11)14(9-12(17)18)5-3-2-4-6-14/h11,15H,2-10H2,1H3,(H,17,18). The number of carbonyl (C=O) groups excluding carboxylic acids is 1. The molecule has 1 saturated carbocycles. The molecule has 1 atom stereocenters. The van der Waals surface area contributed by atoms with E-state index in [2.05, 4.69) is 5.32 Å². The fraction of sp³-hybridized carbons (Fsp3) is 0.857. The smallest absolute Gasteiger partial charge is 0.305 e. The number of hydrogen-bond donors (Lipinski definition) is 2. The van der Waals surface area contributed by atoms with Crippen molar-refractivity contribution in [3.8, 4) is 0 Å². The van der Waals surface area contributed by atoms with Gasteiger partial charge in [0.2, 0.25) is 5.91 Å². The Bertz CT molecular complexity index is 360. The molecule has 1 amide bonds. The van der Waals surface area contributed by atoms with Crippen molar-refractivity contribution in [3.63, 3.8) is 0 Å². The van der Waals surface area contributed by atoms with E-state index in [1.807, 2.05) is 0 Å². The van der Waals surface area contributed by atoms with Crippen LogP contribution in [0.3, 0.4) is 0 Å². The minimum absolute atomic E-state index is 0.0306. The largest absolute Gasteiger partial charge is 0.481 e. The number of nitrogens with one attached hydrogen (secondary N) is 1. The average molecular weight is 284 g/mol. The van der Waals surface area contributed by atoms with Crippen LogP contribution in [0.1, 0.15) is 38.5 Å². The maximum atomic E-state index is 12.6. The van der Waals surface area contributed by atoms with Gasteiger partial charge in [-0.3, -0.25) is 9.59 Å². The molecule has 0 spiro atoms. The molecule has 20 heavy (non-hydrogen) atoms. The van der Waals surface area contributed by atoms with Crippen molar-refractivity contribution in [3.05, 3.63) is 0 Å². The monoisotopic (exact) mass is 284 g/mol. The molecule has 2 rings (SSSR count). The fourth-order valence-corrected chi connectivity index (χ4v) is 3.31. The van der Waals surface area contributed by atoms with E-state index in [0.717, 1.165) is 32.1 Å². The van der Waals surface area contributed by atoms with Gasteiger partial charge in [-0.05, 0) is 12.8 Å². The lowest BCUT2D eigenvalue weighted by molar-refractivity contribution is -0.148. The Morgan fingerprint density at radius 2 is 2.05 bits per heavy atom. The molecule has 2 N–H and O–H groups in total. The average Bonchev–Trinajstić information content (AvgIpc) is 2.47. The van der Waals surface area contributed by atoms with Gasteiger partial charge in [-0.15, -0.1) is 0 Å². The van der Waals surface area contributed by atoms with Crippen LogP contribution in [0, 0.1) is 0 Å². The second-order valence-electron chi connectivity index (χ2n) is 5.83. The molecular weight excluding hydrogens is 260 g/mol. The van der Waals surface area contributed by atoms with Crippen LogP contribution in [0.2, 0.25) is 0 Å². The van der Waals surface area contributed by atoms with Gasteiger partial charge in [-0.1, -0.05) is 19.3 Å². The topological polar surface area (TPSA) is 78.9 Å². The summed E-state index contributed by atoms with van der Waals surface area (Å²) in [5, 5.41) is 12.3. The number of ether oxygens (including phenoxy) is 1. The van der Waals surface area contributed by atoms with Gasteiger partial charge in [0.25, 0.3) is 0 Å². The van der Waals surface area contributed by atoms with Gasteiger partial charge in [0.15, 0.2) is 0 Å². The molecule has 1 unspecified atom stereocenters. The highest BCUT2D eigenvalue weighted by atomic mass is 16.5. The van der Waals surface area contributed by atoms with Crippen LogP contribution < -0.4 is 5.32 Å². The number of carboxylic acid groups (broad SMARTS) is 1. The highest BCUT2D eigenvalue weighted by Gasteiger charge is 2.42. The Morgan fingerprint density at radius 1 is 1.35 bits per heavy atom. The van der Waals surface area contributed by atoms with E-state index in [1.54, 1.807) is 11.9 Å².